The molecule has 0 saturated carbocycles. The summed E-state index contributed by atoms with van der Waals surface area (Å²) in [5.74, 6) is -16.1. The number of aliphatic imine (C=N–C) groups is 3. The molecule has 0 aliphatic carbocycles. The molecule has 40 nitrogen and oxygen atoms in total. The molecule has 0 unspecified atom stereocenters. The first kappa shape index (κ1) is 93.0. The smallest absolute Gasteiger partial charge is 0.305 e. The summed E-state index contributed by atoms with van der Waals surface area (Å²) in [7, 11) is 0. The normalized spacial score (nSPS) is 14.4. The summed E-state index contributed by atoms with van der Waals surface area (Å²) in [6, 6.07) is 1.11. The summed E-state index contributed by atoms with van der Waals surface area (Å²) in [6.07, 6.45) is -0.726. The Bertz CT molecular complexity index is 3450. The predicted molar refractivity (Wildman–Crippen MR) is 408 cm³/mol. The molecule has 0 heterocycles. The van der Waals surface area contributed by atoms with Gasteiger partial charge in [-0.25, -0.2) is 5.01 Å². The molecule has 0 aliphatic heterocycles. The van der Waals surface area contributed by atoms with E-state index in [1.807, 2.05) is 0 Å². The zero-order valence-electron chi connectivity index (χ0n) is 61.1. The second-order valence-electron chi connectivity index (χ2n) is 25.1. The van der Waals surface area contributed by atoms with Gasteiger partial charge in [0.15, 0.2) is 17.9 Å². The standard InChI is InChI=1S/C66H107N25O15S2/c1-6-35(3)51(88-56(100)42(22-15-25-77-64(70)71)82-49(94)31-79-48(93)30-80-55(99)44(27-38-17-10-8-11-18-38)84-53(97)37(5)81-54(98)41(67)33-107)60(104)85-45(29-50(95)96)58(102)83-43(23-16-26-78-65(72)73)57(101)89-52(36(4)7-2)61(105)87-47(34-108)59(103)86-46(28-39-19-12-9-13-20-39)62(106)91(90-66(74)75)40(32-92)21-14-24-76-63(68)69/h8-13,17-20,32,35-37,40-47,51-52,107-108H,6-7,14-16,21-31,33-34,67H2,1-5H3,(H,79,93)(H,80,99)(H,81,98)(H,82,94)(H,83,102)(H,84,97)(H,85,104)(H,86,103)(H,87,105)(H,88,100)(H,89,101)(H,95,96)(H4,68,69,76)(H4,70,71,77)(H4,72,73,78)(H4,74,75,90)/t35-,36-,37+,40-,41-,42-,43-,44-,45-,46-,47-,51-,52-/m0/s1. The lowest BCUT2D eigenvalue weighted by Crippen LogP contribution is -2.62. The third kappa shape index (κ3) is 35.4. The van der Waals surface area contributed by atoms with Crippen LogP contribution in [0.5, 0.6) is 0 Å². The number of carboxylic acids is 1. The summed E-state index contributed by atoms with van der Waals surface area (Å²) in [5.41, 5.74) is 51.3. The van der Waals surface area contributed by atoms with Crippen LogP contribution in [0.15, 0.2) is 80.7 Å². The molecule has 12 amide bonds. The van der Waals surface area contributed by atoms with Crippen LogP contribution in [0.4, 0.5) is 0 Å². The molecule has 0 aliphatic rings. The Morgan fingerprint density at radius 2 is 0.880 bits per heavy atom. The number of carbonyl (C=O) groups is 14. The molecule has 2 aromatic carbocycles. The van der Waals surface area contributed by atoms with E-state index in [1.54, 1.807) is 88.4 Å². The Balaban J connectivity index is 2.45. The molecule has 108 heavy (non-hydrogen) atoms. The molecule has 2 aromatic rings. The van der Waals surface area contributed by atoms with E-state index in [2.05, 4.69) is 104 Å². The van der Waals surface area contributed by atoms with Crippen LogP contribution in [0.1, 0.15) is 104 Å². The van der Waals surface area contributed by atoms with Crippen LogP contribution in [0.25, 0.3) is 0 Å². The second-order valence-corrected chi connectivity index (χ2v) is 25.8. The maximum Gasteiger partial charge on any atom is 0.305 e. The van der Waals surface area contributed by atoms with Crippen LogP contribution < -0.4 is 110 Å². The Labute approximate surface area is 636 Å². The largest absolute Gasteiger partial charge is 0.481 e. The fourth-order valence-corrected chi connectivity index (χ4v) is 10.5. The van der Waals surface area contributed by atoms with Gasteiger partial charge >= 0.3 is 5.97 Å². The van der Waals surface area contributed by atoms with E-state index in [-0.39, 0.29) is 113 Å². The third-order valence-corrected chi connectivity index (χ3v) is 17.2. The van der Waals surface area contributed by atoms with Crippen molar-refractivity contribution in [2.75, 3.05) is 44.2 Å². The van der Waals surface area contributed by atoms with Crippen LogP contribution in [0.2, 0.25) is 0 Å². The maximum atomic E-state index is 14.6. The molecule has 2 rings (SSSR count). The Morgan fingerprint density at radius 1 is 0.463 bits per heavy atom. The molecule has 0 aromatic heterocycles. The maximum absolute atomic E-state index is 14.6. The molecule has 0 fully saturated rings. The zero-order chi connectivity index (χ0) is 81.2. The minimum Gasteiger partial charge on any atom is -0.481 e. The zero-order valence-corrected chi connectivity index (χ0v) is 62.9. The van der Waals surface area contributed by atoms with E-state index in [0.717, 1.165) is 5.01 Å². The molecule has 30 N–H and O–H groups in total. The van der Waals surface area contributed by atoms with Crippen LogP contribution in [-0.4, -0.2) is 228 Å². The molecular formula is C66H107N25O15S2. The average Bonchev–Trinajstić information content (AvgIpc) is 0.837. The molecule has 0 radical (unpaired) electrons. The van der Waals surface area contributed by atoms with Gasteiger partial charge < -0.3 is 120 Å². The summed E-state index contributed by atoms with van der Waals surface area (Å²) in [5, 5.41) is 42.2. The summed E-state index contributed by atoms with van der Waals surface area (Å²) in [6.45, 7) is 6.32. The number of guanidine groups is 4. The number of hydrogen-bond donors (Lipinski definition) is 23. The van der Waals surface area contributed by atoms with Crippen molar-refractivity contribution in [2.24, 2.45) is 83.5 Å². The number of amides is 12. The minimum absolute atomic E-state index is 0.00482. The second kappa shape index (κ2) is 49.7. The molecule has 0 spiro atoms. The number of carbonyl (C=O) groups excluding carboxylic acids is 13. The van der Waals surface area contributed by atoms with Gasteiger partial charge in [0.1, 0.15) is 66.7 Å². The summed E-state index contributed by atoms with van der Waals surface area (Å²) >= 11 is 8.33. The van der Waals surface area contributed by atoms with E-state index >= 15 is 0 Å². The Morgan fingerprint density at radius 3 is 1.32 bits per heavy atom. The van der Waals surface area contributed by atoms with Crippen molar-refractivity contribution >= 4 is 132 Å². The van der Waals surface area contributed by atoms with E-state index < -0.39 is 181 Å². The van der Waals surface area contributed by atoms with Crippen LogP contribution in [0.3, 0.4) is 0 Å². The molecule has 13 atom stereocenters. The van der Waals surface area contributed by atoms with Crippen molar-refractivity contribution < 1.29 is 72.2 Å². The fourth-order valence-electron chi connectivity index (χ4n) is 10.1. The molecule has 0 bridgehead atoms. The molecule has 0 saturated heterocycles. The van der Waals surface area contributed by atoms with Gasteiger partial charge in [-0.15, -0.1) is 5.10 Å². The highest BCUT2D eigenvalue weighted by Gasteiger charge is 2.39. The lowest BCUT2D eigenvalue weighted by atomic mass is 9.96. The summed E-state index contributed by atoms with van der Waals surface area (Å²) < 4.78 is 0. The van der Waals surface area contributed by atoms with Gasteiger partial charge in [0.25, 0.3) is 5.91 Å². The van der Waals surface area contributed by atoms with Gasteiger partial charge in [0, 0.05) is 44.0 Å². The number of carboxylic acid groups (broad SMARTS) is 1. The highest BCUT2D eigenvalue weighted by Crippen LogP contribution is 2.17. The van der Waals surface area contributed by atoms with Crippen molar-refractivity contribution in [3.8, 4) is 0 Å². The number of benzene rings is 2. The number of nitrogens with one attached hydrogen (secondary N) is 11. The minimum atomic E-state index is -1.97. The first-order valence-electron chi connectivity index (χ1n) is 34.7. The number of hydrazone groups is 1. The topological polar surface area (TPSA) is 678 Å². The number of hydrogen-bond acceptors (Lipinski definition) is 21. The quantitative estimate of drug-likeness (QED) is 0.00731. The molecule has 598 valence electrons. The number of aldehydes is 1. The highest BCUT2D eigenvalue weighted by atomic mass is 32.1. The van der Waals surface area contributed by atoms with Crippen molar-refractivity contribution in [2.45, 2.75) is 172 Å². The lowest BCUT2D eigenvalue weighted by Gasteiger charge is -2.30. The van der Waals surface area contributed by atoms with Gasteiger partial charge in [-0.3, -0.25) is 77.3 Å². The average molecular weight is 1550 g/mol. The van der Waals surface area contributed by atoms with E-state index in [1.165, 1.54) is 6.92 Å². The summed E-state index contributed by atoms with van der Waals surface area (Å²) in [4.78, 5) is 203. The van der Waals surface area contributed by atoms with Gasteiger partial charge in [-0.05, 0) is 68.4 Å². The Kier molecular flexibility index (Phi) is 42.8. The van der Waals surface area contributed by atoms with Gasteiger partial charge in [0.05, 0.1) is 25.6 Å². The predicted octanol–water partition coefficient (Wildman–Crippen LogP) is -7.41. The van der Waals surface area contributed by atoms with Crippen molar-refractivity contribution in [1.82, 2.24) is 63.5 Å². The van der Waals surface area contributed by atoms with Crippen LogP contribution in [0, 0.1) is 11.8 Å². The van der Waals surface area contributed by atoms with Gasteiger partial charge in [0.2, 0.25) is 70.9 Å². The first-order valence-corrected chi connectivity index (χ1v) is 35.9. The SMILES string of the molecule is CC[C@H](C)[C@H](NC(=O)[C@H](CCCN=C(N)N)NC(=O)CNC(=O)CNC(=O)[C@H](Cc1ccccc1)NC(=O)[C@@H](C)NC(=O)[C@@H](N)CS)C(=O)N[C@@H](CC(=O)O)C(=O)N[C@@H](CCCN=C(N)N)C(=O)N[C@H](C(=O)N[C@@H](CS)C(=O)N[C@@H](Cc1ccccc1)C(=O)N(N=C(N)N)[C@H](C=O)CCCN=C(N)N)[C@@H](C)CC. The van der Waals surface area contributed by atoms with Crippen LogP contribution >= 0.6 is 25.3 Å². The number of nitrogens with zero attached hydrogens (tertiary/aromatic N) is 5. The van der Waals surface area contributed by atoms with E-state index in [4.69, 9.17) is 51.6 Å². The fraction of sp³-hybridized carbons (Fsp3) is 0.545. The third-order valence-electron chi connectivity index (χ3n) is 16.4. The number of nitrogens with two attached hydrogens (primary N) is 9. The van der Waals surface area contributed by atoms with Crippen LogP contribution in [-0.2, 0) is 80.0 Å². The number of aliphatic carboxylic acids is 1. The number of thiol groups is 2. The van der Waals surface area contributed by atoms with Crippen molar-refractivity contribution in [3.05, 3.63) is 71.8 Å². The molecule has 42 heteroatoms. The molecular weight excluding hydrogens is 1450 g/mol. The monoisotopic (exact) mass is 1550 g/mol. The first-order chi connectivity index (χ1) is 51.1. The number of rotatable bonds is 50. The van der Waals surface area contributed by atoms with Gasteiger partial charge in [-0.2, -0.15) is 25.3 Å². The van der Waals surface area contributed by atoms with E-state index in [0.29, 0.717) is 17.4 Å². The van der Waals surface area contributed by atoms with Crippen molar-refractivity contribution in [3.63, 3.8) is 0 Å². The van der Waals surface area contributed by atoms with Gasteiger partial charge in [-0.1, -0.05) is 101 Å². The lowest BCUT2D eigenvalue weighted by molar-refractivity contribution is -0.142. The highest BCUT2D eigenvalue weighted by molar-refractivity contribution is 7.80. The Hall–Kier alpha value is -11.0. The van der Waals surface area contributed by atoms with E-state index in [9.17, 15) is 72.2 Å². The van der Waals surface area contributed by atoms with Crippen molar-refractivity contribution in [1.29, 1.82) is 0 Å².